The SMILES string of the molecule is Cc1cc(C)c(C/C=N/NC(C)(C)C)c(C)c1.Cc1cc(C)c(CC=O)c(C)c1. The summed E-state index contributed by atoms with van der Waals surface area (Å²) in [6, 6.07) is 8.69. The van der Waals surface area contributed by atoms with Crippen molar-refractivity contribution < 1.29 is 4.79 Å². The van der Waals surface area contributed by atoms with E-state index in [-0.39, 0.29) is 5.54 Å². The van der Waals surface area contributed by atoms with Gasteiger partial charge in [-0.05, 0) is 95.7 Å². The van der Waals surface area contributed by atoms with E-state index in [1.165, 1.54) is 44.5 Å². The van der Waals surface area contributed by atoms with Gasteiger partial charge in [0.2, 0.25) is 0 Å². The van der Waals surface area contributed by atoms with Crippen LogP contribution in [0, 0.1) is 41.5 Å². The summed E-state index contributed by atoms with van der Waals surface area (Å²) in [7, 11) is 0. The van der Waals surface area contributed by atoms with Gasteiger partial charge in [0.1, 0.15) is 6.29 Å². The van der Waals surface area contributed by atoms with Crippen molar-refractivity contribution in [2.24, 2.45) is 5.10 Å². The van der Waals surface area contributed by atoms with Gasteiger partial charge in [0.25, 0.3) is 0 Å². The lowest BCUT2D eigenvalue weighted by molar-refractivity contribution is -0.107. The molecule has 158 valence electrons. The smallest absolute Gasteiger partial charge is 0.124 e. The van der Waals surface area contributed by atoms with Gasteiger partial charge < -0.3 is 10.2 Å². The number of hydrogen-bond donors (Lipinski definition) is 1. The highest BCUT2D eigenvalue weighted by Gasteiger charge is 2.06. The number of aryl methyl sites for hydroxylation is 6. The molecule has 0 heterocycles. The Morgan fingerprint density at radius 3 is 1.48 bits per heavy atom. The van der Waals surface area contributed by atoms with Crippen LogP contribution in [-0.2, 0) is 17.6 Å². The number of nitrogens with zero attached hydrogens (tertiary/aromatic N) is 1. The van der Waals surface area contributed by atoms with Crippen LogP contribution < -0.4 is 5.43 Å². The quantitative estimate of drug-likeness (QED) is 0.391. The molecule has 0 radical (unpaired) electrons. The Morgan fingerprint density at radius 1 is 0.759 bits per heavy atom. The molecule has 0 bridgehead atoms. The molecule has 0 saturated heterocycles. The summed E-state index contributed by atoms with van der Waals surface area (Å²) >= 11 is 0. The van der Waals surface area contributed by atoms with Crippen LogP contribution in [0.15, 0.2) is 29.4 Å². The van der Waals surface area contributed by atoms with E-state index in [2.05, 4.69) is 97.1 Å². The lowest BCUT2D eigenvalue weighted by Gasteiger charge is -2.17. The lowest BCUT2D eigenvalue weighted by Crippen LogP contribution is -2.31. The first kappa shape index (κ1) is 24.6. The first-order chi connectivity index (χ1) is 13.4. The fourth-order valence-electron chi connectivity index (χ4n) is 3.52. The summed E-state index contributed by atoms with van der Waals surface area (Å²) in [6.07, 6.45) is 4.35. The number of carbonyl (C=O) groups is 1. The molecule has 29 heavy (non-hydrogen) atoms. The summed E-state index contributed by atoms with van der Waals surface area (Å²) in [5, 5.41) is 4.27. The fourth-order valence-corrected chi connectivity index (χ4v) is 3.52. The minimum Gasteiger partial charge on any atom is -0.305 e. The third-order valence-corrected chi connectivity index (χ3v) is 4.75. The summed E-state index contributed by atoms with van der Waals surface area (Å²) in [4.78, 5) is 10.4. The molecular weight excluding hydrogens is 356 g/mol. The predicted octanol–water partition coefficient (Wildman–Crippen LogP) is 5.88. The van der Waals surface area contributed by atoms with Crippen molar-refractivity contribution in [3.63, 3.8) is 0 Å². The number of rotatable bonds is 5. The van der Waals surface area contributed by atoms with E-state index in [4.69, 9.17) is 0 Å². The monoisotopic (exact) mass is 394 g/mol. The summed E-state index contributed by atoms with van der Waals surface area (Å²) in [5.41, 5.74) is 13.4. The average molecular weight is 395 g/mol. The molecule has 2 aromatic rings. The van der Waals surface area contributed by atoms with Crippen molar-refractivity contribution in [1.29, 1.82) is 0 Å². The van der Waals surface area contributed by atoms with Gasteiger partial charge >= 0.3 is 0 Å². The maximum Gasteiger partial charge on any atom is 0.124 e. The molecule has 0 fully saturated rings. The Bertz CT molecular complexity index is 811. The molecule has 0 aliphatic heterocycles. The van der Waals surface area contributed by atoms with Crippen LogP contribution in [0.1, 0.15) is 65.3 Å². The molecule has 0 spiro atoms. The number of hydrogen-bond acceptors (Lipinski definition) is 3. The molecule has 0 aromatic heterocycles. The number of carbonyl (C=O) groups excluding carboxylic acids is 1. The highest BCUT2D eigenvalue weighted by molar-refractivity contribution is 5.63. The molecule has 0 unspecified atom stereocenters. The fraction of sp³-hybridized carbons (Fsp3) is 0.462. The van der Waals surface area contributed by atoms with Crippen molar-refractivity contribution in [3.8, 4) is 0 Å². The summed E-state index contributed by atoms with van der Waals surface area (Å²) < 4.78 is 0. The molecule has 0 saturated carbocycles. The first-order valence-corrected chi connectivity index (χ1v) is 10.3. The van der Waals surface area contributed by atoms with Gasteiger partial charge in [-0.2, -0.15) is 5.10 Å². The van der Waals surface area contributed by atoms with E-state index in [9.17, 15) is 4.79 Å². The summed E-state index contributed by atoms with van der Waals surface area (Å²) in [5.74, 6) is 0. The predicted molar refractivity (Wildman–Crippen MR) is 126 cm³/mol. The van der Waals surface area contributed by atoms with E-state index in [1.807, 2.05) is 6.21 Å². The zero-order valence-corrected chi connectivity index (χ0v) is 19.7. The average Bonchev–Trinajstić information content (AvgIpc) is 2.56. The molecule has 3 nitrogen and oxygen atoms in total. The Balaban J connectivity index is 0.000000308. The van der Waals surface area contributed by atoms with E-state index in [0.717, 1.165) is 12.7 Å². The second kappa shape index (κ2) is 10.9. The van der Waals surface area contributed by atoms with Crippen molar-refractivity contribution in [2.75, 3.05) is 0 Å². The Labute approximate surface area is 177 Å². The van der Waals surface area contributed by atoms with Crippen molar-refractivity contribution >= 4 is 12.5 Å². The van der Waals surface area contributed by atoms with Crippen molar-refractivity contribution in [2.45, 2.75) is 80.7 Å². The van der Waals surface area contributed by atoms with Crippen LogP contribution in [0.5, 0.6) is 0 Å². The number of aldehydes is 1. The van der Waals surface area contributed by atoms with E-state index >= 15 is 0 Å². The van der Waals surface area contributed by atoms with E-state index in [0.29, 0.717) is 6.42 Å². The minimum absolute atomic E-state index is 0.0356. The molecular formula is C26H38N2O. The summed E-state index contributed by atoms with van der Waals surface area (Å²) in [6.45, 7) is 19.0. The maximum atomic E-state index is 10.4. The van der Waals surface area contributed by atoms with Crippen LogP contribution in [-0.4, -0.2) is 18.0 Å². The van der Waals surface area contributed by atoms with Crippen molar-refractivity contribution in [3.05, 3.63) is 68.8 Å². The molecule has 3 heteroatoms. The van der Waals surface area contributed by atoms with Crippen molar-refractivity contribution in [1.82, 2.24) is 5.43 Å². The van der Waals surface area contributed by atoms with Crippen LogP contribution in [0.25, 0.3) is 0 Å². The standard InChI is InChI=1S/C15H24N2.C11H14O/c1-11-9-12(2)14(13(3)10-11)7-8-16-17-15(4,5)6;1-8-6-9(2)11(4-5-12)10(3)7-8/h8-10,17H,7H2,1-6H3;5-7H,4H2,1-3H3/b16-8+;. The van der Waals surface area contributed by atoms with Gasteiger partial charge in [0, 0.05) is 24.6 Å². The Morgan fingerprint density at radius 2 is 1.14 bits per heavy atom. The normalized spacial score (nSPS) is 11.2. The largest absolute Gasteiger partial charge is 0.305 e. The Hall–Kier alpha value is -2.42. The maximum absolute atomic E-state index is 10.4. The molecule has 0 amide bonds. The molecule has 0 aliphatic rings. The van der Waals surface area contributed by atoms with Gasteiger partial charge in [-0.1, -0.05) is 35.4 Å². The minimum atomic E-state index is 0.0356. The second-order valence-electron chi connectivity index (χ2n) is 9.00. The van der Waals surface area contributed by atoms with Gasteiger partial charge in [-0.25, -0.2) is 0 Å². The molecule has 2 rings (SSSR count). The van der Waals surface area contributed by atoms with Gasteiger partial charge in [0.05, 0.1) is 0 Å². The van der Waals surface area contributed by atoms with Crippen LogP contribution in [0.4, 0.5) is 0 Å². The first-order valence-electron chi connectivity index (χ1n) is 10.3. The molecule has 0 atom stereocenters. The highest BCUT2D eigenvalue weighted by Crippen LogP contribution is 2.17. The van der Waals surface area contributed by atoms with Crippen LogP contribution in [0.3, 0.4) is 0 Å². The second-order valence-corrected chi connectivity index (χ2v) is 9.00. The highest BCUT2D eigenvalue weighted by atomic mass is 16.1. The van der Waals surface area contributed by atoms with E-state index < -0.39 is 0 Å². The molecule has 0 aliphatic carbocycles. The van der Waals surface area contributed by atoms with Gasteiger partial charge in [0.15, 0.2) is 0 Å². The number of hydrazone groups is 1. The zero-order valence-electron chi connectivity index (χ0n) is 19.7. The molecule has 1 N–H and O–H groups in total. The van der Waals surface area contributed by atoms with Gasteiger partial charge in [-0.15, -0.1) is 0 Å². The van der Waals surface area contributed by atoms with Crippen LogP contribution in [0.2, 0.25) is 0 Å². The zero-order chi connectivity index (χ0) is 22.2. The molecule has 2 aromatic carbocycles. The Kier molecular flexibility index (Phi) is 9.29. The topological polar surface area (TPSA) is 41.5 Å². The van der Waals surface area contributed by atoms with Gasteiger partial charge in [-0.3, -0.25) is 0 Å². The number of nitrogens with one attached hydrogen (secondary N) is 1. The third kappa shape index (κ3) is 8.64. The van der Waals surface area contributed by atoms with Crippen LogP contribution >= 0.6 is 0 Å². The number of benzene rings is 2. The van der Waals surface area contributed by atoms with E-state index in [1.54, 1.807) is 0 Å². The third-order valence-electron chi connectivity index (χ3n) is 4.75. The lowest BCUT2D eigenvalue weighted by atomic mass is 9.98.